The van der Waals surface area contributed by atoms with Gasteiger partial charge in [0.1, 0.15) is 0 Å². The second-order valence-corrected chi connectivity index (χ2v) is 5.38. The van der Waals surface area contributed by atoms with Gasteiger partial charge in [0.2, 0.25) is 0 Å². The molecule has 1 atom stereocenters. The molecule has 18 heavy (non-hydrogen) atoms. The number of hydrogen-bond acceptors (Lipinski definition) is 3. The number of hydrogen-bond donors (Lipinski definition) is 1. The van der Waals surface area contributed by atoms with Crippen LogP contribution in [-0.2, 0) is 6.42 Å². The largest absolute Gasteiger partial charge is 0.309 e. The first-order chi connectivity index (χ1) is 8.70. The Balaban J connectivity index is 2.21. The normalized spacial score (nSPS) is 12.6. The summed E-state index contributed by atoms with van der Waals surface area (Å²) in [7, 11) is 0. The predicted molar refractivity (Wildman–Crippen MR) is 78.2 cm³/mol. The molecular formula is C15H20N2S. The van der Waals surface area contributed by atoms with Crippen molar-refractivity contribution in [2.45, 2.75) is 33.2 Å². The average Bonchev–Trinajstić information content (AvgIpc) is 2.87. The Kier molecular flexibility index (Phi) is 4.50. The molecule has 2 nitrogen and oxygen atoms in total. The van der Waals surface area contributed by atoms with Crippen LogP contribution in [0.4, 0.5) is 0 Å². The standard InChI is InChI=1S/C15H20N2S/c1-4-16-14(15-9-18-10-17-15)8-13-7-11(2)5-6-12(13)3/h5-7,9-10,14,16H,4,8H2,1-3H3. The maximum absolute atomic E-state index is 4.44. The highest BCUT2D eigenvalue weighted by Gasteiger charge is 2.14. The van der Waals surface area contributed by atoms with Crippen LogP contribution < -0.4 is 5.32 Å². The third-order valence-corrected chi connectivity index (χ3v) is 3.79. The molecule has 1 unspecified atom stereocenters. The Labute approximate surface area is 113 Å². The van der Waals surface area contributed by atoms with E-state index in [2.05, 4.69) is 54.7 Å². The number of nitrogens with zero attached hydrogens (tertiary/aromatic N) is 1. The topological polar surface area (TPSA) is 24.9 Å². The molecule has 1 N–H and O–H groups in total. The number of rotatable bonds is 5. The van der Waals surface area contributed by atoms with E-state index in [9.17, 15) is 0 Å². The van der Waals surface area contributed by atoms with E-state index in [4.69, 9.17) is 0 Å². The van der Waals surface area contributed by atoms with Gasteiger partial charge >= 0.3 is 0 Å². The maximum atomic E-state index is 4.44. The van der Waals surface area contributed by atoms with Crippen molar-refractivity contribution < 1.29 is 0 Å². The zero-order chi connectivity index (χ0) is 13.0. The summed E-state index contributed by atoms with van der Waals surface area (Å²) in [5, 5.41) is 5.66. The van der Waals surface area contributed by atoms with Crippen molar-refractivity contribution >= 4 is 11.3 Å². The number of aryl methyl sites for hydroxylation is 2. The minimum Gasteiger partial charge on any atom is -0.309 e. The molecule has 0 saturated carbocycles. The third kappa shape index (κ3) is 3.18. The highest BCUT2D eigenvalue weighted by atomic mass is 32.1. The fourth-order valence-corrected chi connectivity index (χ4v) is 2.77. The van der Waals surface area contributed by atoms with Crippen molar-refractivity contribution in [2.24, 2.45) is 0 Å². The van der Waals surface area contributed by atoms with Gasteiger partial charge in [-0.15, -0.1) is 11.3 Å². The fourth-order valence-electron chi connectivity index (χ4n) is 2.16. The predicted octanol–water partition coefficient (Wildman–Crippen LogP) is 3.65. The molecule has 0 aliphatic rings. The molecule has 0 amide bonds. The molecule has 0 aliphatic heterocycles. The van der Waals surface area contributed by atoms with Crippen LogP contribution in [0.25, 0.3) is 0 Å². The quantitative estimate of drug-likeness (QED) is 0.887. The van der Waals surface area contributed by atoms with Crippen LogP contribution in [0.15, 0.2) is 29.1 Å². The smallest absolute Gasteiger partial charge is 0.0795 e. The first-order valence-electron chi connectivity index (χ1n) is 6.38. The first-order valence-corrected chi connectivity index (χ1v) is 7.32. The van der Waals surface area contributed by atoms with Gasteiger partial charge in [0.25, 0.3) is 0 Å². The van der Waals surface area contributed by atoms with Gasteiger partial charge in [-0.2, -0.15) is 0 Å². The number of aromatic nitrogens is 1. The second-order valence-electron chi connectivity index (χ2n) is 4.66. The van der Waals surface area contributed by atoms with Gasteiger partial charge < -0.3 is 5.32 Å². The molecule has 0 radical (unpaired) electrons. The number of benzene rings is 1. The van der Waals surface area contributed by atoms with E-state index >= 15 is 0 Å². The Morgan fingerprint density at radius 2 is 2.17 bits per heavy atom. The lowest BCUT2D eigenvalue weighted by Crippen LogP contribution is -2.23. The molecule has 1 aromatic heterocycles. The van der Waals surface area contributed by atoms with Crippen LogP contribution in [-0.4, -0.2) is 11.5 Å². The maximum Gasteiger partial charge on any atom is 0.0795 e. The molecule has 96 valence electrons. The number of nitrogens with one attached hydrogen (secondary N) is 1. The van der Waals surface area contributed by atoms with Crippen molar-refractivity contribution in [3.05, 3.63) is 51.5 Å². The minimum absolute atomic E-state index is 0.321. The van der Waals surface area contributed by atoms with Crippen molar-refractivity contribution in [1.82, 2.24) is 10.3 Å². The summed E-state index contributed by atoms with van der Waals surface area (Å²) in [5.41, 5.74) is 7.16. The third-order valence-electron chi connectivity index (χ3n) is 3.19. The van der Waals surface area contributed by atoms with Gasteiger partial charge in [0.05, 0.1) is 17.2 Å². The van der Waals surface area contributed by atoms with Crippen LogP contribution in [0.3, 0.4) is 0 Å². The molecule has 1 heterocycles. The summed E-state index contributed by atoms with van der Waals surface area (Å²) in [6.45, 7) is 7.43. The summed E-state index contributed by atoms with van der Waals surface area (Å²) < 4.78 is 0. The molecule has 0 saturated heterocycles. The van der Waals surface area contributed by atoms with Crippen LogP contribution in [0.2, 0.25) is 0 Å². The van der Waals surface area contributed by atoms with E-state index in [0.29, 0.717) is 6.04 Å². The number of likely N-dealkylation sites (N-methyl/N-ethyl adjacent to an activating group) is 1. The van der Waals surface area contributed by atoms with E-state index in [1.165, 1.54) is 16.7 Å². The zero-order valence-electron chi connectivity index (χ0n) is 11.2. The van der Waals surface area contributed by atoms with Crippen molar-refractivity contribution in [1.29, 1.82) is 0 Å². The lowest BCUT2D eigenvalue weighted by Gasteiger charge is -2.17. The Hall–Kier alpha value is -1.19. The molecule has 2 rings (SSSR count). The Morgan fingerprint density at radius 3 is 2.83 bits per heavy atom. The van der Waals surface area contributed by atoms with E-state index in [0.717, 1.165) is 18.7 Å². The lowest BCUT2D eigenvalue weighted by atomic mass is 9.98. The van der Waals surface area contributed by atoms with Gasteiger partial charge in [-0.3, -0.25) is 0 Å². The number of thiazole rings is 1. The molecule has 0 spiro atoms. The fraction of sp³-hybridized carbons (Fsp3) is 0.400. The summed E-state index contributed by atoms with van der Waals surface area (Å²) >= 11 is 1.66. The van der Waals surface area contributed by atoms with E-state index in [-0.39, 0.29) is 0 Å². The van der Waals surface area contributed by atoms with E-state index < -0.39 is 0 Å². The van der Waals surface area contributed by atoms with Crippen LogP contribution in [0.5, 0.6) is 0 Å². The molecule has 1 aromatic carbocycles. The first kappa shape index (κ1) is 13.2. The van der Waals surface area contributed by atoms with Crippen molar-refractivity contribution in [3.8, 4) is 0 Å². The average molecular weight is 260 g/mol. The van der Waals surface area contributed by atoms with Crippen LogP contribution >= 0.6 is 11.3 Å². The van der Waals surface area contributed by atoms with Gasteiger partial charge in [-0.25, -0.2) is 4.98 Å². The van der Waals surface area contributed by atoms with E-state index in [1.807, 2.05) is 5.51 Å². The SMILES string of the molecule is CCNC(Cc1cc(C)ccc1C)c1cscn1. The minimum atomic E-state index is 0.321. The second kappa shape index (κ2) is 6.12. The van der Waals surface area contributed by atoms with Gasteiger partial charge in [0.15, 0.2) is 0 Å². The van der Waals surface area contributed by atoms with Gasteiger partial charge in [-0.1, -0.05) is 30.7 Å². The summed E-state index contributed by atoms with van der Waals surface area (Å²) in [6.07, 6.45) is 1.01. The van der Waals surface area contributed by atoms with Gasteiger partial charge in [0, 0.05) is 5.38 Å². The van der Waals surface area contributed by atoms with Gasteiger partial charge in [-0.05, 0) is 37.9 Å². The lowest BCUT2D eigenvalue weighted by molar-refractivity contribution is 0.538. The summed E-state index contributed by atoms with van der Waals surface area (Å²) in [5.74, 6) is 0. The molecular weight excluding hydrogens is 240 g/mol. The Morgan fingerprint density at radius 1 is 1.33 bits per heavy atom. The summed E-state index contributed by atoms with van der Waals surface area (Å²) in [4.78, 5) is 4.44. The molecule has 0 fully saturated rings. The Bertz CT molecular complexity index is 491. The van der Waals surface area contributed by atoms with E-state index in [1.54, 1.807) is 11.3 Å². The highest BCUT2D eigenvalue weighted by Crippen LogP contribution is 2.21. The highest BCUT2D eigenvalue weighted by molar-refractivity contribution is 7.07. The molecule has 0 bridgehead atoms. The van der Waals surface area contributed by atoms with Crippen molar-refractivity contribution in [3.63, 3.8) is 0 Å². The summed E-state index contributed by atoms with van der Waals surface area (Å²) in [6, 6.07) is 6.98. The molecule has 3 heteroatoms. The molecule has 2 aromatic rings. The molecule has 0 aliphatic carbocycles. The van der Waals surface area contributed by atoms with Crippen molar-refractivity contribution in [2.75, 3.05) is 6.54 Å². The van der Waals surface area contributed by atoms with Crippen LogP contribution in [0, 0.1) is 13.8 Å². The van der Waals surface area contributed by atoms with Crippen LogP contribution in [0.1, 0.15) is 35.3 Å². The zero-order valence-corrected chi connectivity index (χ0v) is 12.1. The monoisotopic (exact) mass is 260 g/mol.